The summed E-state index contributed by atoms with van der Waals surface area (Å²) in [5.41, 5.74) is 5.66. The van der Waals surface area contributed by atoms with Gasteiger partial charge in [-0.15, -0.1) is 0 Å². The molecule has 6 nitrogen and oxygen atoms in total. The molecular weight excluding hydrogens is 296 g/mol. The minimum absolute atomic E-state index is 0.257. The molecule has 6 heteroatoms. The molecule has 0 heterocycles. The molecule has 2 amide bonds. The van der Waals surface area contributed by atoms with Crippen molar-refractivity contribution in [3.05, 3.63) is 29.8 Å². The second kappa shape index (κ2) is 7.17. The zero-order chi connectivity index (χ0) is 16.9. The predicted octanol–water partition coefficient (Wildman–Crippen LogP) is 1.49. The second-order valence-corrected chi connectivity index (χ2v) is 5.66. The topological polar surface area (TPSA) is 90.6 Å². The number of nitrogens with two attached hydrogens (primary N) is 1. The third kappa shape index (κ3) is 3.83. The lowest BCUT2D eigenvalue weighted by Crippen LogP contribution is -2.50. The highest BCUT2D eigenvalue weighted by molar-refractivity contribution is 5.92. The lowest BCUT2D eigenvalue weighted by molar-refractivity contribution is -0.132. The zero-order valence-corrected chi connectivity index (χ0v) is 13.4. The summed E-state index contributed by atoms with van der Waals surface area (Å²) in [6.45, 7) is 0.289. The molecule has 0 bridgehead atoms. The molecule has 0 aromatic heterocycles. The second-order valence-electron chi connectivity index (χ2n) is 5.66. The molecule has 0 radical (unpaired) electrons. The van der Waals surface area contributed by atoms with Crippen LogP contribution in [0.25, 0.3) is 6.08 Å². The van der Waals surface area contributed by atoms with Crippen LogP contribution in [0.4, 0.5) is 0 Å². The predicted molar refractivity (Wildman–Crippen MR) is 87.1 cm³/mol. The maximum Gasteiger partial charge on any atom is 0.244 e. The Hall–Kier alpha value is -2.50. The number of benzene rings is 1. The van der Waals surface area contributed by atoms with Gasteiger partial charge in [0.15, 0.2) is 11.5 Å². The maximum atomic E-state index is 11.9. The molecular formula is C17H22N2O4. The van der Waals surface area contributed by atoms with Crippen LogP contribution in [0.15, 0.2) is 24.3 Å². The first-order valence-corrected chi connectivity index (χ1v) is 7.48. The summed E-state index contributed by atoms with van der Waals surface area (Å²) in [6.07, 6.45) is 5.55. The van der Waals surface area contributed by atoms with Crippen LogP contribution in [0.2, 0.25) is 0 Å². The van der Waals surface area contributed by atoms with Crippen LogP contribution in [-0.4, -0.2) is 32.6 Å². The normalized spacial score (nSPS) is 15.7. The van der Waals surface area contributed by atoms with Gasteiger partial charge in [-0.25, -0.2) is 0 Å². The Bertz CT molecular complexity index is 621. The molecule has 1 aromatic rings. The van der Waals surface area contributed by atoms with E-state index in [1.54, 1.807) is 32.4 Å². The van der Waals surface area contributed by atoms with Crippen molar-refractivity contribution in [1.82, 2.24) is 5.32 Å². The molecule has 1 aliphatic carbocycles. The van der Waals surface area contributed by atoms with Gasteiger partial charge in [0.2, 0.25) is 11.8 Å². The van der Waals surface area contributed by atoms with E-state index in [4.69, 9.17) is 15.2 Å². The van der Waals surface area contributed by atoms with Crippen molar-refractivity contribution in [2.45, 2.75) is 19.3 Å². The van der Waals surface area contributed by atoms with E-state index in [0.29, 0.717) is 11.5 Å². The fraction of sp³-hybridized carbons (Fsp3) is 0.412. The Morgan fingerprint density at radius 3 is 2.48 bits per heavy atom. The van der Waals surface area contributed by atoms with Gasteiger partial charge >= 0.3 is 0 Å². The number of amides is 2. The average Bonchev–Trinajstić information content (AvgIpc) is 2.51. The number of carbonyl (C=O) groups excluding carboxylic acids is 2. The van der Waals surface area contributed by atoms with Gasteiger partial charge in [0.05, 0.1) is 19.6 Å². The van der Waals surface area contributed by atoms with Gasteiger partial charge in [0.1, 0.15) is 0 Å². The summed E-state index contributed by atoms with van der Waals surface area (Å²) in [6, 6.07) is 5.37. The van der Waals surface area contributed by atoms with Crippen molar-refractivity contribution in [2.75, 3.05) is 20.8 Å². The molecule has 0 atom stereocenters. The van der Waals surface area contributed by atoms with Crippen LogP contribution in [0.3, 0.4) is 0 Å². The first kappa shape index (κ1) is 16.9. The third-order valence-corrected chi connectivity index (χ3v) is 4.27. The van der Waals surface area contributed by atoms with Crippen molar-refractivity contribution >= 4 is 17.9 Å². The van der Waals surface area contributed by atoms with Crippen LogP contribution < -0.4 is 20.5 Å². The van der Waals surface area contributed by atoms with Crippen molar-refractivity contribution < 1.29 is 19.1 Å². The van der Waals surface area contributed by atoms with Gasteiger partial charge in [-0.2, -0.15) is 0 Å². The van der Waals surface area contributed by atoms with E-state index in [9.17, 15) is 9.59 Å². The standard InChI is InChI=1S/C17H22N2O4/c1-22-13-6-4-12(10-14(13)23-2)5-7-15(20)19-11-17(16(18)21)8-3-9-17/h4-7,10H,3,8-9,11H2,1-2H3,(H2,18,21)(H,19,20). The van der Waals surface area contributed by atoms with E-state index in [1.807, 2.05) is 6.07 Å². The highest BCUT2D eigenvalue weighted by Crippen LogP contribution is 2.39. The van der Waals surface area contributed by atoms with E-state index >= 15 is 0 Å². The van der Waals surface area contributed by atoms with Gasteiger partial charge < -0.3 is 20.5 Å². The third-order valence-electron chi connectivity index (χ3n) is 4.27. The number of hydrogen-bond donors (Lipinski definition) is 2. The SMILES string of the molecule is COc1ccc(C=CC(=O)NCC2(C(N)=O)CCC2)cc1OC. The number of primary amides is 1. The van der Waals surface area contributed by atoms with E-state index in [2.05, 4.69) is 5.32 Å². The quantitative estimate of drug-likeness (QED) is 0.745. The van der Waals surface area contributed by atoms with E-state index in [1.165, 1.54) is 6.08 Å². The zero-order valence-electron chi connectivity index (χ0n) is 13.4. The van der Waals surface area contributed by atoms with Crippen molar-refractivity contribution in [3.63, 3.8) is 0 Å². The van der Waals surface area contributed by atoms with E-state index < -0.39 is 5.41 Å². The number of hydrogen-bond acceptors (Lipinski definition) is 4. The highest BCUT2D eigenvalue weighted by Gasteiger charge is 2.42. The van der Waals surface area contributed by atoms with E-state index in [-0.39, 0.29) is 18.4 Å². The molecule has 0 spiro atoms. The Kier molecular flexibility index (Phi) is 5.26. The largest absolute Gasteiger partial charge is 0.493 e. The van der Waals surface area contributed by atoms with Crippen molar-refractivity contribution in [2.24, 2.45) is 11.1 Å². The highest BCUT2D eigenvalue weighted by atomic mass is 16.5. The summed E-state index contributed by atoms with van der Waals surface area (Å²) >= 11 is 0. The van der Waals surface area contributed by atoms with Crippen LogP contribution in [0.5, 0.6) is 11.5 Å². The molecule has 1 fully saturated rings. The number of carbonyl (C=O) groups is 2. The molecule has 23 heavy (non-hydrogen) atoms. The summed E-state index contributed by atoms with van der Waals surface area (Å²) < 4.78 is 10.4. The number of methoxy groups -OCH3 is 2. The minimum atomic E-state index is -0.563. The minimum Gasteiger partial charge on any atom is -0.493 e. The maximum absolute atomic E-state index is 11.9. The van der Waals surface area contributed by atoms with Crippen LogP contribution >= 0.6 is 0 Å². The molecule has 3 N–H and O–H groups in total. The summed E-state index contributed by atoms with van der Waals surface area (Å²) in [5, 5.41) is 2.75. The smallest absolute Gasteiger partial charge is 0.244 e. The summed E-state index contributed by atoms with van der Waals surface area (Å²) in [5.74, 6) is 0.625. The van der Waals surface area contributed by atoms with Crippen LogP contribution in [0, 0.1) is 5.41 Å². The first-order chi connectivity index (χ1) is 11.0. The summed E-state index contributed by atoms with van der Waals surface area (Å²) in [4.78, 5) is 23.4. The van der Waals surface area contributed by atoms with Crippen LogP contribution in [0.1, 0.15) is 24.8 Å². The Morgan fingerprint density at radius 1 is 1.26 bits per heavy atom. The van der Waals surface area contributed by atoms with E-state index in [0.717, 1.165) is 24.8 Å². The Labute approximate surface area is 135 Å². The number of rotatable bonds is 7. The van der Waals surface area contributed by atoms with Gasteiger partial charge in [0, 0.05) is 12.6 Å². The summed E-state index contributed by atoms with van der Waals surface area (Å²) in [7, 11) is 3.12. The lowest BCUT2D eigenvalue weighted by Gasteiger charge is -2.38. The first-order valence-electron chi connectivity index (χ1n) is 7.48. The molecule has 124 valence electrons. The van der Waals surface area contributed by atoms with Gasteiger partial charge in [-0.05, 0) is 36.6 Å². The van der Waals surface area contributed by atoms with Crippen LogP contribution in [-0.2, 0) is 9.59 Å². The number of ether oxygens (including phenoxy) is 2. The fourth-order valence-electron chi connectivity index (χ4n) is 2.56. The molecule has 1 saturated carbocycles. The molecule has 1 aliphatic rings. The average molecular weight is 318 g/mol. The van der Waals surface area contributed by atoms with Crippen molar-refractivity contribution in [3.8, 4) is 11.5 Å². The molecule has 0 saturated heterocycles. The molecule has 0 aliphatic heterocycles. The van der Waals surface area contributed by atoms with Crippen molar-refractivity contribution in [1.29, 1.82) is 0 Å². The lowest BCUT2D eigenvalue weighted by atomic mass is 9.68. The Balaban J connectivity index is 1.94. The fourth-order valence-corrected chi connectivity index (χ4v) is 2.56. The number of nitrogens with one attached hydrogen (secondary N) is 1. The van der Waals surface area contributed by atoms with Gasteiger partial charge in [-0.3, -0.25) is 9.59 Å². The molecule has 0 unspecified atom stereocenters. The Morgan fingerprint density at radius 2 is 1.96 bits per heavy atom. The van der Waals surface area contributed by atoms with Gasteiger partial charge in [0.25, 0.3) is 0 Å². The van der Waals surface area contributed by atoms with Gasteiger partial charge in [-0.1, -0.05) is 12.5 Å². The molecule has 1 aromatic carbocycles. The monoisotopic (exact) mass is 318 g/mol. The molecule has 2 rings (SSSR count).